The number of benzene rings is 1. The topological polar surface area (TPSA) is 62.3 Å². The fourth-order valence-corrected chi connectivity index (χ4v) is 5.12. The predicted molar refractivity (Wildman–Crippen MR) is 102 cm³/mol. The van der Waals surface area contributed by atoms with E-state index >= 15 is 0 Å². The molecule has 2 aromatic rings. The Morgan fingerprint density at radius 1 is 1.20 bits per heavy atom. The van der Waals surface area contributed by atoms with Crippen molar-refractivity contribution in [3.05, 3.63) is 59.9 Å². The molecule has 1 aliphatic rings. The molecule has 1 atom stereocenters. The number of aromatic nitrogens is 1. The zero-order valence-electron chi connectivity index (χ0n) is 14.4. The largest absolute Gasteiger partial charge is 0.313 e. The molecule has 1 unspecified atom stereocenters. The van der Waals surface area contributed by atoms with Crippen molar-refractivity contribution in [1.82, 2.24) is 14.6 Å². The minimum atomic E-state index is -3.57. The first-order valence-electron chi connectivity index (χ1n) is 8.23. The van der Waals surface area contributed by atoms with E-state index < -0.39 is 10.0 Å². The fraction of sp³-hybridized carbons (Fsp3) is 0.389. The zero-order chi connectivity index (χ0) is 17.2. The standard InChI is InChI=1S/C18H23N3O2S.ClH/c1-14(2)16-7-3-4-8-18(16)24(22,23)21-11-10-20-13-17(21)15-6-5-9-19-12-15;/h3-9,12,14,17,20H,10-11,13H2,1-2H3;1H. The highest BCUT2D eigenvalue weighted by Crippen LogP contribution is 2.32. The van der Waals surface area contributed by atoms with E-state index in [-0.39, 0.29) is 24.4 Å². The Balaban J connectivity index is 0.00000225. The summed E-state index contributed by atoms with van der Waals surface area (Å²) >= 11 is 0. The van der Waals surface area contributed by atoms with Crippen LogP contribution in [0.25, 0.3) is 0 Å². The van der Waals surface area contributed by atoms with Gasteiger partial charge in [-0.1, -0.05) is 38.1 Å². The second kappa shape index (κ2) is 8.27. The first-order valence-corrected chi connectivity index (χ1v) is 9.67. The van der Waals surface area contributed by atoms with Crippen LogP contribution in [0, 0.1) is 0 Å². The lowest BCUT2D eigenvalue weighted by molar-refractivity contribution is 0.271. The van der Waals surface area contributed by atoms with Gasteiger partial charge in [-0.15, -0.1) is 12.4 Å². The van der Waals surface area contributed by atoms with Gasteiger partial charge in [-0.05, 0) is 29.2 Å². The molecular weight excluding hydrogens is 358 g/mol. The number of nitrogens with one attached hydrogen (secondary N) is 1. The van der Waals surface area contributed by atoms with Gasteiger partial charge in [0, 0.05) is 32.0 Å². The maximum atomic E-state index is 13.4. The number of hydrogen-bond acceptors (Lipinski definition) is 4. The summed E-state index contributed by atoms with van der Waals surface area (Å²) in [6.07, 6.45) is 3.45. The predicted octanol–water partition coefficient (Wildman–Crippen LogP) is 2.96. The van der Waals surface area contributed by atoms with Gasteiger partial charge in [0.1, 0.15) is 0 Å². The summed E-state index contributed by atoms with van der Waals surface area (Å²) in [5.74, 6) is 0.149. The van der Waals surface area contributed by atoms with Crippen LogP contribution in [-0.2, 0) is 10.0 Å². The lowest BCUT2D eigenvalue weighted by atomic mass is 10.0. The second-order valence-electron chi connectivity index (χ2n) is 6.31. The third-order valence-electron chi connectivity index (χ3n) is 4.39. The van der Waals surface area contributed by atoms with E-state index in [0.717, 1.165) is 11.1 Å². The zero-order valence-corrected chi connectivity index (χ0v) is 16.1. The van der Waals surface area contributed by atoms with Crippen molar-refractivity contribution in [3.63, 3.8) is 0 Å². The number of piperazine rings is 1. The second-order valence-corrected chi connectivity index (χ2v) is 8.17. The first-order chi connectivity index (χ1) is 11.5. The van der Waals surface area contributed by atoms with E-state index in [0.29, 0.717) is 24.5 Å². The van der Waals surface area contributed by atoms with E-state index in [1.807, 2.05) is 38.1 Å². The molecule has 1 saturated heterocycles. The van der Waals surface area contributed by atoms with Crippen LogP contribution in [0.3, 0.4) is 0 Å². The number of rotatable bonds is 4. The molecule has 1 aliphatic heterocycles. The molecule has 0 amide bonds. The minimum Gasteiger partial charge on any atom is -0.313 e. The van der Waals surface area contributed by atoms with Crippen molar-refractivity contribution in [1.29, 1.82) is 0 Å². The van der Waals surface area contributed by atoms with Crippen LogP contribution in [-0.4, -0.2) is 37.3 Å². The van der Waals surface area contributed by atoms with E-state index in [4.69, 9.17) is 0 Å². The molecule has 7 heteroatoms. The van der Waals surface area contributed by atoms with Crippen LogP contribution in [0.4, 0.5) is 0 Å². The molecule has 0 aliphatic carbocycles. The summed E-state index contributed by atoms with van der Waals surface area (Å²) in [4.78, 5) is 4.56. The Labute approximate surface area is 155 Å². The summed E-state index contributed by atoms with van der Waals surface area (Å²) in [7, 11) is -3.57. The fourth-order valence-electron chi connectivity index (χ4n) is 3.15. The molecule has 0 saturated carbocycles. The van der Waals surface area contributed by atoms with Crippen molar-refractivity contribution in [2.45, 2.75) is 30.7 Å². The molecule has 0 spiro atoms. The molecule has 0 radical (unpaired) electrons. The van der Waals surface area contributed by atoms with Gasteiger partial charge in [-0.3, -0.25) is 4.98 Å². The third kappa shape index (κ3) is 4.03. The Morgan fingerprint density at radius 3 is 2.64 bits per heavy atom. The Hall–Kier alpha value is -1.47. The van der Waals surface area contributed by atoms with Gasteiger partial charge >= 0.3 is 0 Å². The van der Waals surface area contributed by atoms with Gasteiger partial charge in [0.25, 0.3) is 0 Å². The van der Waals surface area contributed by atoms with Crippen molar-refractivity contribution in [2.75, 3.05) is 19.6 Å². The molecular formula is C18H24ClN3O2S. The molecule has 1 fully saturated rings. The lowest BCUT2D eigenvalue weighted by Gasteiger charge is -2.35. The highest BCUT2D eigenvalue weighted by Gasteiger charge is 2.35. The maximum absolute atomic E-state index is 13.4. The minimum absolute atomic E-state index is 0. The number of hydrogen-bond donors (Lipinski definition) is 1. The summed E-state index contributed by atoms with van der Waals surface area (Å²) in [5.41, 5.74) is 1.77. The van der Waals surface area contributed by atoms with Crippen LogP contribution in [0.2, 0.25) is 0 Å². The number of nitrogens with zero attached hydrogens (tertiary/aromatic N) is 2. The molecule has 5 nitrogen and oxygen atoms in total. The summed E-state index contributed by atoms with van der Waals surface area (Å²) in [5, 5.41) is 3.29. The van der Waals surface area contributed by atoms with Crippen molar-refractivity contribution in [2.24, 2.45) is 0 Å². The molecule has 3 rings (SSSR count). The average molecular weight is 382 g/mol. The van der Waals surface area contributed by atoms with Crippen LogP contribution in [0.5, 0.6) is 0 Å². The van der Waals surface area contributed by atoms with Crippen LogP contribution in [0.1, 0.15) is 36.9 Å². The van der Waals surface area contributed by atoms with Gasteiger partial charge in [0.2, 0.25) is 10.0 Å². The van der Waals surface area contributed by atoms with Gasteiger partial charge in [-0.25, -0.2) is 8.42 Å². The molecule has 136 valence electrons. The Kier molecular flexibility index (Phi) is 6.57. The van der Waals surface area contributed by atoms with Gasteiger partial charge in [0.15, 0.2) is 0 Å². The molecule has 1 aromatic heterocycles. The number of sulfonamides is 1. The lowest BCUT2D eigenvalue weighted by Crippen LogP contribution is -2.48. The highest BCUT2D eigenvalue weighted by molar-refractivity contribution is 7.89. The van der Waals surface area contributed by atoms with Gasteiger partial charge in [-0.2, -0.15) is 4.31 Å². The van der Waals surface area contributed by atoms with Crippen molar-refractivity contribution < 1.29 is 8.42 Å². The number of halogens is 1. The monoisotopic (exact) mass is 381 g/mol. The van der Waals surface area contributed by atoms with Gasteiger partial charge < -0.3 is 5.32 Å². The van der Waals surface area contributed by atoms with Crippen molar-refractivity contribution >= 4 is 22.4 Å². The molecule has 1 aromatic carbocycles. The quantitative estimate of drug-likeness (QED) is 0.884. The average Bonchev–Trinajstić information content (AvgIpc) is 2.62. The summed E-state index contributed by atoms with van der Waals surface area (Å²) in [6.45, 7) is 5.73. The van der Waals surface area contributed by atoms with Crippen LogP contribution >= 0.6 is 12.4 Å². The van der Waals surface area contributed by atoms with E-state index in [2.05, 4.69) is 10.3 Å². The molecule has 25 heavy (non-hydrogen) atoms. The summed E-state index contributed by atoms with van der Waals surface area (Å²) in [6, 6.07) is 10.8. The molecule has 0 bridgehead atoms. The third-order valence-corrected chi connectivity index (χ3v) is 6.37. The maximum Gasteiger partial charge on any atom is 0.244 e. The Bertz CT molecular complexity index is 797. The van der Waals surface area contributed by atoms with Crippen LogP contribution < -0.4 is 5.32 Å². The SMILES string of the molecule is CC(C)c1ccccc1S(=O)(=O)N1CCNCC1c1cccnc1.Cl. The van der Waals surface area contributed by atoms with Crippen molar-refractivity contribution in [3.8, 4) is 0 Å². The normalized spacial score (nSPS) is 18.8. The van der Waals surface area contributed by atoms with E-state index in [1.165, 1.54) is 0 Å². The first kappa shape index (κ1) is 19.8. The molecule has 1 N–H and O–H groups in total. The highest BCUT2D eigenvalue weighted by atomic mass is 35.5. The van der Waals surface area contributed by atoms with Crippen LogP contribution in [0.15, 0.2) is 53.7 Å². The molecule has 2 heterocycles. The Morgan fingerprint density at radius 2 is 1.96 bits per heavy atom. The summed E-state index contributed by atoms with van der Waals surface area (Å²) < 4.78 is 28.4. The van der Waals surface area contributed by atoms with E-state index in [9.17, 15) is 8.42 Å². The number of pyridine rings is 1. The van der Waals surface area contributed by atoms with E-state index in [1.54, 1.807) is 28.8 Å². The van der Waals surface area contributed by atoms with Gasteiger partial charge in [0.05, 0.1) is 10.9 Å². The smallest absolute Gasteiger partial charge is 0.244 e.